The molecule has 0 radical (unpaired) electrons. The number of sulfonamides is 1. The van der Waals surface area contributed by atoms with Crippen molar-refractivity contribution in [2.45, 2.75) is 57.4 Å². The van der Waals surface area contributed by atoms with Crippen LogP contribution in [0.15, 0.2) is 77.7 Å². The summed E-state index contributed by atoms with van der Waals surface area (Å²) in [5, 5.41) is 2.95. The summed E-state index contributed by atoms with van der Waals surface area (Å²) >= 11 is 0. The lowest BCUT2D eigenvalue weighted by atomic mass is 10.1. The fourth-order valence-electron chi connectivity index (χ4n) is 4.74. The molecule has 1 N–H and O–H groups in total. The number of ether oxygens (including phenoxy) is 2. The fraction of sp³-hybridized carbons (Fsp3) is 0.394. The Morgan fingerprint density at radius 1 is 0.930 bits per heavy atom. The Hall–Kier alpha value is -4.05. The number of carbonyl (C=O) groups is 2. The van der Waals surface area contributed by atoms with Gasteiger partial charge in [0.25, 0.3) is 10.0 Å². The first-order valence-corrected chi connectivity index (χ1v) is 16.0. The quantitative estimate of drug-likeness (QED) is 0.230. The van der Waals surface area contributed by atoms with Crippen LogP contribution < -0.4 is 19.1 Å². The first kappa shape index (κ1) is 33.5. The number of benzene rings is 3. The molecule has 0 aromatic heterocycles. The maximum Gasteiger partial charge on any atom is 0.264 e. The number of unbranched alkanes of at least 4 members (excludes halogenated alkanes) is 1. The van der Waals surface area contributed by atoms with Gasteiger partial charge in [0, 0.05) is 19.2 Å². The molecule has 9 nitrogen and oxygen atoms in total. The van der Waals surface area contributed by atoms with Crippen LogP contribution in [0.25, 0.3) is 0 Å². The van der Waals surface area contributed by atoms with E-state index in [1.165, 1.54) is 37.3 Å². The largest absolute Gasteiger partial charge is 0.497 e. The van der Waals surface area contributed by atoms with Gasteiger partial charge in [-0.2, -0.15) is 0 Å². The zero-order valence-corrected chi connectivity index (χ0v) is 26.5. The van der Waals surface area contributed by atoms with Crippen LogP contribution in [-0.2, 0) is 26.0 Å². The average molecular weight is 610 g/mol. The Morgan fingerprint density at radius 2 is 1.63 bits per heavy atom. The standard InChI is InChI=1S/C33H43N3O6S/c1-6-8-21-34-33(38)29(7-2)35(22-20-26-12-10-9-11-13-26)32(37)24-36(30-23-27(41-4)16-19-31(30)42-5)43(39,40)28-17-14-25(3)15-18-28/h9-19,23,29H,6-8,20-22,24H2,1-5H3,(H,34,38)/t29-/m0/s1. The molecule has 0 fully saturated rings. The lowest BCUT2D eigenvalue weighted by Crippen LogP contribution is -2.53. The predicted molar refractivity (Wildman–Crippen MR) is 169 cm³/mol. The van der Waals surface area contributed by atoms with Gasteiger partial charge in [-0.05, 0) is 56.0 Å². The molecule has 0 heterocycles. The highest BCUT2D eigenvalue weighted by atomic mass is 32.2. The summed E-state index contributed by atoms with van der Waals surface area (Å²) in [7, 11) is -1.33. The SMILES string of the molecule is CCCCNC(=O)[C@H](CC)N(CCc1ccccc1)C(=O)CN(c1cc(OC)ccc1OC)S(=O)(=O)c1ccc(C)cc1. The number of amides is 2. The van der Waals surface area contributed by atoms with Crippen LogP contribution in [-0.4, -0.2) is 65.0 Å². The second kappa shape index (κ2) is 16.0. The van der Waals surface area contributed by atoms with E-state index in [1.54, 1.807) is 24.3 Å². The Bertz CT molecular complexity index is 1450. The van der Waals surface area contributed by atoms with Crippen molar-refractivity contribution >= 4 is 27.5 Å². The van der Waals surface area contributed by atoms with Gasteiger partial charge in [-0.15, -0.1) is 0 Å². The maximum atomic E-state index is 14.2. The molecule has 3 aromatic carbocycles. The number of methoxy groups -OCH3 is 2. The normalized spacial score (nSPS) is 11.8. The van der Waals surface area contributed by atoms with Crippen molar-refractivity contribution in [2.75, 3.05) is 38.2 Å². The Morgan fingerprint density at radius 3 is 2.23 bits per heavy atom. The molecule has 1 atom stereocenters. The van der Waals surface area contributed by atoms with Gasteiger partial charge in [-0.25, -0.2) is 8.42 Å². The number of hydrogen-bond acceptors (Lipinski definition) is 6. The van der Waals surface area contributed by atoms with E-state index in [1.807, 2.05) is 51.1 Å². The van der Waals surface area contributed by atoms with Gasteiger partial charge in [0.05, 0.1) is 24.8 Å². The van der Waals surface area contributed by atoms with Crippen molar-refractivity contribution < 1.29 is 27.5 Å². The monoisotopic (exact) mass is 609 g/mol. The maximum absolute atomic E-state index is 14.2. The van der Waals surface area contributed by atoms with E-state index >= 15 is 0 Å². The predicted octanol–water partition coefficient (Wildman–Crippen LogP) is 4.97. The molecule has 0 aliphatic rings. The number of nitrogens with zero attached hydrogens (tertiary/aromatic N) is 2. The van der Waals surface area contributed by atoms with Crippen molar-refractivity contribution in [2.24, 2.45) is 0 Å². The number of nitrogens with one attached hydrogen (secondary N) is 1. The molecule has 0 unspecified atom stereocenters. The van der Waals surface area contributed by atoms with Crippen molar-refractivity contribution in [3.63, 3.8) is 0 Å². The van der Waals surface area contributed by atoms with Gasteiger partial charge in [0.2, 0.25) is 11.8 Å². The highest BCUT2D eigenvalue weighted by molar-refractivity contribution is 7.92. The van der Waals surface area contributed by atoms with Crippen LogP contribution >= 0.6 is 0 Å². The third kappa shape index (κ3) is 8.73. The van der Waals surface area contributed by atoms with Gasteiger partial charge in [0.15, 0.2) is 0 Å². The second-order valence-electron chi connectivity index (χ2n) is 10.3. The number of rotatable bonds is 16. The van der Waals surface area contributed by atoms with E-state index < -0.39 is 28.5 Å². The molecule has 2 amide bonds. The van der Waals surface area contributed by atoms with E-state index in [-0.39, 0.29) is 28.8 Å². The third-order valence-electron chi connectivity index (χ3n) is 7.24. The summed E-state index contributed by atoms with van der Waals surface area (Å²) in [6, 6.07) is 20.1. The lowest BCUT2D eigenvalue weighted by molar-refractivity contribution is -0.139. The van der Waals surface area contributed by atoms with E-state index in [9.17, 15) is 18.0 Å². The Balaban J connectivity index is 2.07. The van der Waals surface area contributed by atoms with Crippen LogP contribution in [0.1, 0.15) is 44.2 Å². The van der Waals surface area contributed by atoms with E-state index in [0.717, 1.165) is 28.3 Å². The number of anilines is 1. The van der Waals surface area contributed by atoms with Crippen LogP contribution in [0, 0.1) is 6.92 Å². The molecule has 10 heteroatoms. The molecule has 0 aliphatic carbocycles. The lowest BCUT2D eigenvalue weighted by Gasteiger charge is -2.33. The molecule has 0 spiro atoms. The summed E-state index contributed by atoms with van der Waals surface area (Å²) in [6.45, 7) is 5.93. The highest BCUT2D eigenvalue weighted by Gasteiger charge is 2.34. The van der Waals surface area contributed by atoms with Crippen molar-refractivity contribution in [3.05, 3.63) is 83.9 Å². The molecule has 0 saturated carbocycles. The van der Waals surface area contributed by atoms with Gasteiger partial charge >= 0.3 is 0 Å². The number of hydrogen-bond donors (Lipinski definition) is 1. The second-order valence-corrected chi connectivity index (χ2v) is 12.1. The van der Waals surface area contributed by atoms with Gasteiger partial charge in [0.1, 0.15) is 24.1 Å². The topological polar surface area (TPSA) is 105 Å². The average Bonchev–Trinajstić information content (AvgIpc) is 3.02. The molecular weight excluding hydrogens is 566 g/mol. The first-order valence-electron chi connectivity index (χ1n) is 14.6. The van der Waals surface area contributed by atoms with Crippen molar-refractivity contribution in [3.8, 4) is 11.5 Å². The molecule has 0 aliphatic heterocycles. The van der Waals surface area contributed by atoms with Crippen LogP contribution in [0.3, 0.4) is 0 Å². The smallest absolute Gasteiger partial charge is 0.264 e. The van der Waals surface area contributed by atoms with Crippen molar-refractivity contribution in [1.29, 1.82) is 0 Å². The summed E-state index contributed by atoms with van der Waals surface area (Å²) in [5.41, 5.74) is 2.05. The summed E-state index contributed by atoms with van der Waals surface area (Å²) in [5.74, 6) is -0.113. The third-order valence-corrected chi connectivity index (χ3v) is 9.02. The molecule has 43 heavy (non-hydrogen) atoms. The van der Waals surface area contributed by atoms with Gasteiger partial charge in [-0.3, -0.25) is 13.9 Å². The molecule has 0 saturated heterocycles. The summed E-state index contributed by atoms with van der Waals surface area (Å²) in [6.07, 6.45) is 2.60. The summed E-state index contributed by atoms with van der Waals surface area (Å²) < 4.78 is 40.3. The first-order chi connectivity index (χ1) is 20.7. The van der Waals surface area contributed by atoms with Gasteiger partial charge in [-0.1, -0.05) is 68.3 Å². The highest BCUT2D eigenvalue weighted by Crippen LogP contribution is 2.36. The molecule has 232 valence electrons. The molecule has 0 bridgehead atoms. The zero-order valence-electron chi connectivity index (χ0n) is 25.7. The number of aryl methyl sites for hydroxylation is 1. The molecular formula is C33H43N3O6S. The van der Waals surface area contributed by atoms with Crippen LogP contribution in [0.5, 0.6) is 11.5 Å². The number of carbonyl (C=O) groups excluding carboxylic acids is 2. The minimum absolute atomic E-state index is 0.0240. The van der Waals surface area contributed by atoms with E-state index in [4.69, 9.17) is 9.47 Å². The van der Waals surface area contributed by atoms with Crippen LogP contribution in [0.4, 0.5) is 5.69 Å². The Labute approximate surface area is 255 Å². The molecule has 3 rings (SSSR count). The van der Waals surface area contributed by atoms with E-state index in [0.29, 0.717) is 25.1 Å². The zero-order chi connectivity index (χ0) is 31.4. The minimum Gasteiger partial charge on any atom is -0.497 e. The fourth-order valence-corrected chi connectivity index (χ4v) is 6.16. The van der Waals surface area contributed by atoms with E-state index in [2.05, 4.69) is 5.32 Å². The van der Waals surface area contributed by atoms with Gasteiger partial charge < -0.3 is 19.7 Å². The van der Waals surface area contributed by atoms with Crippen LogP contribution in [0.2, 0.25) is 0 Å². The van der Waals surface area contributed by atoms with Crippen molar-refractivity contribution in [1.82, 2.24) is 10.2 Å². The minimum atomic E-state index is -4.24. The molecule has 3 aromatic rings. The summed E-state index contributed by atoms with van der Waals surface area (Å²) in [4.78, 5) is 29.1. The Kier molecular flexibility index (Phi) is 12.4.